The second-order valence-corrected chi connectivity index (χ2v) is 1.06. The summed E-state index contributed by atoms with van der Waals surface area (Å²) in [5, 5.41) is 8.29. The molecular weight excluding hydrogens is 285 g/mol. The molecule has 0 aromatic rings. The topological polar surface area (TPSA) is 20.2 Å². The second-order valence-electron chi connectivity index (χ2n) is 1.06. The van der Waals surface area contributed by atoms with Gasteiger partial charge < -0.3 is 5.11 Å². The van der Waals surface area contributed by atoms with E-state index < -0.39 is 0 Å². The zero-order valence-electron chi connectivity index (χ0n) is 4.15. The van der Waals surface area contributed by atoms with E-state index in [-0.39, 0.29) is 32.3 Å². The molecule has 0 atom stereocenters. The molecule has 0 aliphatic carbocycles. The molecule has 0 aliphatic heterocycles. The van der Waals surface area contributed by atoms with Crippen LogP contribution in [0.4, 0.5) is 0 Å². The summed E-state index contributed by atoms with van der Waals surface area (Å²) in [4.78, 5) is 0. The van der Waals surface area contributed by atoms with Crippen LogP contribution in [0.3, 0.4) is 0 Å². The molecule has 0 fully saturated rings. The normalized spacial score (nSPS) is 6.29. The van der Waals surface area contributed by atoms with Gasteiger partial charge in [0.2, 0.25) is 0 Å². The van der Waals surface area contributed by atoms with Gasteiger partial charge in [-0.15, -0.1) is 6.58 Å². The number of hydrogen-bond acceptors (Lipinski definition) is 1. The Morgan fingerprint density at radius 2 is 2.14 bits per heavy atom. The molecule has 0 saturated heterocycles. The monoisotopic (exact) mass is 295 g/mol. The van der Waals surface area contributed by atoms with E-state index in [1.165, 1.54) is 0 Å². The molecule has 0 aromatic heterocycles. The van der Waals surface area contributed by atoms with Crippen molar-refractivity contribution in [2.75, 3.05) is 0 Å². The fraction of sp³-hybridized carbons (Fsp3) is 0.200. The summed E-state index contributed by atoms with van der Waals surface area (Å²) < 4.78 is 0. The summed E-state index contributed by atoms with van der Waals surface area (Å²) in [6.07, 6.45) is 2.10. The molecule has 1 nitrogen and oxygen atoms in total. The molecule has 0 saturated carbocycles. The van der Waals surface area contributed by atoms with E-state index in [1.807, 2.05) is 0 Å². The third-order valence-corrected chi connectivity index (χ3v) is 0.380. The summed E-state index contributed by atoms with van der Waals surface area (Å²) in [5.41, 5.74) is 0. The quantitative estimate of drug-likeness (QED) is 0.588. The number of hydrogen-bond donors (Lipinski definition) is 1. The van der Waals surface area contributed by atoms with Gasteiger partial charge in [0.15, 0.2) is 0 Å². The standard InChI is InChI=1S/C5H8O.Po.2H/c1-3-4-5(2)6;;;/h3,6H,1-2,4H2;;;. The predicted octanol–water partition coefficient (Wildman–Crippen LogP) is 0.718. The van der Waals surface area contributed by atoms with Crippen molar-refractivity contribution in [1.82, 2.24) is 0 Å². The maximum atomic E-state index is 8.29. The van der Waals surface area contributed by atoms with Gasteiger partial charge in [0.25, 0.3) is 0 Å². The maximum absolute atomic E-state index is 8.29. The average molecular weight is 295 g/mol. The molecule has 7 heavy (non-hydrogen) atoms. The van der Waals surface area contributed by atoms with Crippen LogP contribution in [-0.2, 0) is 0 Å². The minimum absolute atomic E-state index is 0. The summed E-state index contributed by atoms with van der Waals surface area (Å²) in [6, 6.07) is 0. The van der Waals surface area contributed by atoms with Crippen LogP contribution in [0.1, 0.15) is 6.42 Å². The van der Waals surface area contributed by atoms with Crippen LogP contribution in [0.25, 0.3) is 0 Å². The van der Waals surface area contributed by atoms with Crippen LogP contribution >= 0.6 is 0 Å². The van der Waals surface area contributed by atoms with E-state index in [2.05, 4.69) is 13.2 Å². The summed E-state index contributed by atoms with van der Waals surface area (Å²) in [7, 11) is 0. The first-order valence-electron chi connectivity index (χ1n) is 1.75. The van der Waals surface area contributed by atoms with Gasteiger partial charge in [-0.2, -0.15) is 0 Å². The molecule has 0 heterocycles. The Morgan fingerprint density at radius 1 is 1.71 bits per heavy atom. The van der Waals surface area contributed by atoms with E-state index in [9.17, 15) is 0 Å². The molecule has 2 heteroatoms. The molecule has 0 aliphatic rings. The summed E-state index contributed by atoms with van der Waals surface area (Å²) in [6.45, 7) is 6.61. The van der Waals surface area contributed by atoms with Gasteiger partial charge >= 0.3 is 26.6 Å². The van der Waals surface area contributed by atoms with Crippen molar-refractivity contribution in [3.63, 3.8) is 0 Å². The Labute approximate surface area is 63.2 Å². The SMILES string of the molecule is C=CCC(=C)O.[PoH2]. The first-order chi connectivity index (χ1) is 2.77. The van der Waals surface area contributed by atoms with E-state index in [4.69, 9.17) is 5.11 Å². The van der Waals surface area contributed by atoms with Crippen molar-refractivity contribution in [3.05, 3.63) is 25.0 Å². The third kappa shape index (κ3) is 10.7. The van der Waals surface area contributed by atoms with Crippen molar-refractivity contribution < 1.29 is 5.11 Å². The minimum atomic E-state index is 0. The molecule has 42 valence electrons. The second kappa shape index (κ2) is 6.18. The first kappa shape index (κ1) is 10.2. The fourth-order valence-corrected chi connectivity index (χ4v) is 0.167. The Morgan fingerprint density at radius 3 is 2.14 bits per heavy atom. The van der Waals surface area contributed by atoms with Crippen molar-refractivity contribution in [1.29, 1.82) is 0 Å². The van der Waals surface area contributed by atoms with Crippen molar-refractivity contribution in [3.8, 4) is 0 Å². The Kier molecular flexibility index (Phi) is 9.01. The van der Waals surface area contributed by atoms with Crippen LogP contribution in [0.5, 0.6) is 0 Å². The van der Waals surface area contributed by atoms with Crippen molar-refractivity contribution in [2.24, 2.45) is 0 Å². The molecule has 0 unspecified atom stereocenters. The molecular formula is C5H10OPo. The predicted molar refractivity (Wildman–Crippen MR) is 35.1 cm³/mol. The van der Waals surface area contributed by atoms with E-state index in [0.717, 1.165) is 0 Å². The van der Waals surface area contributed by atoms with Crippen LogP contribution in [0.2, 0.25) is 0 Å². The third-order valence-electron chi connectivity index (χ3n) is 0.380. The van der Waals surface area contributed by atoms with E-state index in [0.29, 0.717) is 6.42 Å². The van der Waals surface area contributed by atoms with Gasteiger partial charge in [0.05, 0.1) is 5.76 Å². The molecule has 0 spiro atoms. The molecule has 1 N–H and O–H groups in total. The van der Waals surface area contributed by atoms with Crippen molar-refractivity contribution >= 4 is 26.6 Å². The Balaban J connectivity index is 0. The zero-order valence-corrected chi connectivity index (χ0v) is 8.03. The van der Waals surface area contributed by atoms with Gasteiger partial charge in [0.1, 0.15) is 0 Å². The Hall–Kier alpha value is 0.176. The molecule has 0 bridgehead atoms. The van der Waals surface area contributed by atoms with E-state index in [1.54, 1.807) is 6.08 Å². The van der Waals surface area contributed by atoms with Gasteiger partial charge in [-0.3, -0.25) is 0 Å². The number of aliphatic hydroxyl groups is 1. The number of aliphatic hydroxyl groups excluding tert-OH is 1. The van der Waals surface area contributed by atoms with Crippen LogP contribution < -0.4 is 0 Å². The molecule has 0 rings (SSSR count). The van der Waals surface area contributed by atoms with Crippen LogP contribution in [0.15, 0.2) is 25.0 Å². The zero-order chi connectivity index (χ0) is 4.99. The summed E-state index contributed by atoms with van der Waals surface area (Å²) >= 11 is 0. The Bertz CT molecular complexity index is 68.5. The first-order valence-corrected chi connectivity index (χ1v) is 1.75. The fourth-order valence-electron chi connectivity index (χ4n) is 0.167. The van der Waals surface area contributed by atoms with Crippen molar-refractivity contribution in [2.45, 2.75) is 6.42 Å². The van der Waals surface area contributed by atoms with Gasteiger partial charge in [0, 0.05) is 6.42 Å². The number of allylic oxidation sites excluding steroid dienone is 1. The average Bonchev–Trinajstić information content (AvgIpc) is 1.35. The van der Waals surface area contributed by atoms with Gasteiger partial charge in [-0.05, 0) is 0 Å². The number of rotatable bonds is 2. The van der Waals surface area contributed by atoms with Gasteiger partial charge in [-0.1, -0.05) is 12.7 Å². The van der Waals surface area contributed by atoms with Crippen LogP contribution in [-0.4, -0.2) is 31.7 Å². The van der Waals surface area contributed by atoms with E-state index >= 15 is 0 Å². The molecule has 0 aromatic carbocycles. The molecule has 0 amide bonds. The molecule has 0 radical (unpaired) electrons. The van der Waals surface area contributed by atoms with Gasteiger partial charge in [-0.25, -0.2) is 0 Å². The van der Waals surface area contributed by atoms with Crippen LogP contribution in [0, 0.1) is 0 Å². The summed E-state index contributed by atoms with van der Waals surface area (Å²) in [5.74, 6) is 0.171.